The van der Waals surface area contributed by atoms with Gasteiger partial charge in [-0.1, -0.05) is 50.6 Å². The number of amides is 8. The Morgan fingerprint density at radius 1 is 0.875 bits per heavy atom. The number of aliphatic hydroxyl groups is 3. The fourth-order valence-corrected chi connectivity index (χ4v) is 5.77. The van der Waals surface area contributed by atoms with Crippen LogP contribution >= 0.6 is 0 Å². The lowest BCUT2D eigenvalue weighted by Crippen LogP contribution is -2.62. The Morgan fingerprint density at radius 3 is 2.11 bits per heavy atom. The van der Waals surface area contributed by atoms with Gasteiger partial charge in [-0.3, -0.25) is 43.7 Å². The highest BCUT2D eigenvalue weighted by molar-refractivity contribution is 5.97. The van der Waals surface area contributed by atoms with Crippen LogP contribution in [-0.2, 0) is 44.8 Å². The summed E-state index contributed by atoms with van der Waals surface area (Å²) >= 11 is 0. The molecule has 1 aliphatic heterocycles. The molecule has 1 fully saturated rings. The van der Waals surface area contributed by atoms with Gasteiger partial charge in [0.1, 0.15) is 36.3 Å². The third kappa shape index (κ3) is 15.2. The van der Waals surface area contributed by atoms with E-state index in [1.807, 2.05) is 0 Å². The predicted molar refractivity (Wildman–Crippen MR) is 205 cm³/mol. The van der Waals surface area contributed by atoms with Gasteiger partial charge in [0.05, 0.1) is 25.4 Å². The van der Waals surface area contributed by atoms with Crippen molar-refractivity contribution in [3.05, 3.63) is 35.9 Å². The Labute approximate surface area is 328 Å². The fraction of sp³-hybridized carbons (Fsp3) is 0.611. The topological polar surface area (TPSA) is 333 Å². The minimum atomic E-state index is -1.72. The van der Waals surface area contributed by atoms with E-state index >= 15 is 0 Å². The van der Waals surface area contributed by atoms with Crippen LogP contribution in [0.15, 0.2) is 30.3 Å². The summed E-state index contributed by atoms with van der Waals surface area (Å²) in [7, 11) is 0. The normalized spacial score (nSPS) is 23.2. The zero-order valence-corrected chi connectivity index (χ0v) is 31.9. The minimum Gasteiger partial charge on any atom is -0.394 e. The maximum absolute atomic E-state index is 13.8. The second-order valence-electron chi connectivity index (χ2n) is 13.8. The van der Waals surface area contributed by atoms with E-state index in [1.54, 1.807) is 44.2 Å². The number of aliphatic hydroxyl groups excluding tert-OH is 3. The van der Waals surface area contributed by atoms with Crippen molar-refractivity contribution in [1.29, 1.82) is 0 Å². The highest BCUT2D eigenvalue weighted by atomic mass is 16.3. The van der Waals surface area contributed by atoms with Crippen molar-refractivity contribution >= 4 is 47.3 Å². The molecule has 20 heteroatoms. The Bertz CT molecular complexity index is 1530. The van der Waals surface area contributed by atoms with E-state index < -0.39 is 115 Å². The van der Waals surface area contributed by atoms with Gasteiger partial charge >= 0.3 is 0 Å². The molecule has 0 aromatic heterocycles. The zero-order valence-electron chi connectivity index (χ0n) is 31.9. The number of nitrogens with one attached hydrogen (secondary N) is 7. The van der Waals surface area contributed by atoms with Crippen molar-refractivity contribution < 1.29 is 56.5 Å². The van der Waals surface area contributed by atoms with Crippen molar-refractivity contribution in [2.75, 3.05) is 19.8 Å². The van der Waals surface area contributed by atoms with E-state index in [2.05, 4.69) is 37.2 Å². The summed E-state index contributed by atoms with van der Waals surface area (Å²) in [6, 6.07) is -0.864. The highest BCUT2D eigenvalue weighted by Crippen LogP contribution is 2.12. The van der Waals surface area contributed by atoms with E-state index in [4.69, 9.17) is 11.5 Å². The van der Waals surface area contributed by atoms with Gasteiger partial charge in [-0.25, -0.2) is 0 Å². The smallest absolute Gasteiger partial charge is 0.245 e. The number of primary amides is 2. The molecule has 8 amide bonds. The van der Waals surface area contributed by atoms with Crippen LogP contribution in [0.5, 0.6) is 0 Å². The van der Waals surface area contributed by atoms with E-state index in [1.165, 1.54) is 0 Å². The Balaban J connectivity index is 0.0000162. The molecule has 2 rings (SSSR count). The van der Waals surface area contributed by atoms with Gasteiger partial charge in [-0.15, -0.1) is 0 Å². The van der Waals surface area contributed by atoms with E-state index in [0.29, 0.717) is 12.8 Å². The van der Waals surface area contributed by atoms with Gasteiger partial charge in [0.2, 0.25) is 47.3 Å². The van der Waals surface area contributed by atoms with Gasteiger partial charge in [-0.2, -0.15) is 0 Å². The minimum absolute atomic E-state index is 0. The average molecular weight is 796 g/mol. The van der Waals surface area contributed by atoms with Crippen molar-refractivity contribution in [1.82, 2.24) is 37.2 Å². The number of carbonyl (C=O) groups excluding carboxylic acids is 8. The number of hydrogen-bond acceptors (Lipinski definition) is 12. The van der Waals surface area contributed by atoms with Crippen LogP contribution in [0.2, 0.25) is 0 Å². The van der Waals surface area contributed by atoms with Gasteiger partial charge in [-0.05, 0) is 44.1 Å². The van der Waals surface area contributed by atoms with Crippen LogP contribution in [0.3, 0.4) is 0 Å². The molecule has 20 nitrogen and oxygen atoms in total. The van der Waals surface area contributed by atoms with Crippen LogP contribution in [-0.4, -0.2) is 131 Å². The summed E-state index contributed by atoms with van der Waals surface area (Å²) in [6.45, 7) is 3.04. The summed E-state index contributed by atoms with van der Waals surface area (Å²) in [5.41, 5.74) is 11.6. The number of nitrogens with two attached hydrogens (primary N) is 2. The quantitative estimate of drug-likeness (QED) is 0.0807. The molecule has 1 aromatic carbocycles. The largest absolute Gasteiger partial charge is 0.394 e. The molecule has 0 spiro atoms. The summed E-state index contributed by atoms with van der Waals surface area (Å²) in [4.78, 5) is 104. The number of rotatable bonds is 15. The molecule has 1 heterocycles. The Hall–Kier alpha value is -5.18. The van der Waals surface area contributed by atoms with E-state index in [9.17, 15) is 53.7 Å². The lowest BCUT2D eigenvalue weighted by Gasteiger charge is -2.29. The summed E-state index contributed by atoms with van der Waals surface area (Å²) in [5, 5.41) is 47.6. The van der Waals surface area contributed by atoms with E-state index in [0.717, 1.165) is 12.5 Å². The predicted octanol–water partition coefficient (Wildman–Crippen LogP) is -4.07. The number of hydrogen-bond donors (Lipinski definition) is 12. The van der Waals surface area contributed by atoms with Gasteiger partial charge < -0.3 is 58.7 Å². The highest BCUT2D eigenvalue weighted by Gasteiger charge is 2.36. The monoisotopic (exact) mass is 795 g/mol. The van der Waals surface area contributed by atoms with Crippen LogP contribution in [0.25, 0.3) is 0 Å². The van der Waals surface area contributed by atoms with Crippen LogP contribution < -0.4 is 48.7 Å². The number of carbonyl (C=O) groups is 8. The molecule has 56 heavy (non-hydrogen) atoms. The Kier molecular flexibility index (Phi) is 19.9. The second kappa shape index (κ2) is 23.7. The van der Waals surface area contributed by atoms with Crippen molar-refractivity contribution in [2.24, 2.45) is 17.4 Å². The third-order valence-corrected chi connectivity index (χ3v) is 9.39. The summed E-state index contributed by atoms with van der Waals surface area (Å²) in [5.74, 6) is -7.28. The molecule has 14 N–H and O–H groups in total. The lowest BCUT2D eigenvalue weighted by molar-refractivity contribution is -0.137. The zero-order chi connectivity index (χ0) is 41.9. The van der Waals surface area contributed by atoms with Crippen LogP contribution in [0.1, 0.15) is 67.7 Å². The first-order valence-corrected chi connectivity index (χ1v) is 18.6. The first kappa shape index (κ1) is 47.0. The van der Waals surface area contributed by atoms with Crippen molar-refractivity contribution in [2.45, 2.75) is 114 Å². The van der Waals surface area contributed by atoms with Gasteiger partial charge in [0.25, 0.3) is 0 Å². The maximum atomic E-state index is 13.8. The van der Waals surface area contributed by atoms with Gasteiger partial charge in [0.15, 0.2) is 0 Å². The Morgan fingerprint density at radius 2 is 1.54 bits per heavy atom. The molecule has 316 valence electrons. The lowest BCUT2D eigenvalue weighted by atomic mass is 9.96. The molecular weight excluding hydrogens is 734 g/mol. The standard InChI is InChI=1S/C36H57N9O11.2H2/c1-4-19(2)28(35(55)42-24(30(37)50)16-21-10-6-5-7-11-21)44-32(52)22-12-8-9-15-39-27(49)14-13-23(40-25(17-46)31(38)51)33(53)45-29(20(3)48)36(56)43-26(18-47)34(54)41-22;;/h5-7,10-11,19-20,22-26,28-29,40,46-48H,4,8-9,12-18H2,1-3H3,(H2,37,50)(H2,38,51)(H,39,49)(H,41,54)(H,42,55)(H,43,56)(H,44,52)(H,45,53);2*1H/t19-,20+,22?,23?,24-,25-,26-,28-,29-;;/m0../s1. The molecule has 0 aliphatic carbocycles. The van der Waals surface area contributed by atoms with Crippen LogP contribution in [0.4, 0.5) is 0 Å². The molecule has 9 atom stereocenters. The fourth-order valence-electron chi connectivity index (χ4n) is 5.77. The maximum Gasteiger partial charge on any atom is 0.245 e. The first-order chi connectivity index (χ1) is 26.5. The molecule has 1 saturated heterocycles. The molecular formula is C36H61N9O11. The average Bonchev–Trinajstić information content (AvgIpc) is 3.16. The number of benzene rings is 1. The molecule has 2 unspecified atom stereocenters. The SMILES string of the molecule is CC[C@H](C)[C@H](NC(=O)C1CCCCNC(=O)CCC(N[C@@H](CO)C(N)=O)C(=O)N[C@@H]([C@@H](C)O)C(=O)N[C@@H](CO)C(=O)N1)C(=O)N[C@@H](Cc1ccccc1)C(N)=O.[HH].[HH]. The second-order valence-corrected chi connectivity index (χ2v) is 13.8. The van der Waals surface area contributed by atoms with E-state index in [-0.39, 0.29) is 41.5 Å². The van der Waals surface area contributed by atoms with Gasteiger partial charge in [0, 0.05) is 22.2 Å². The van der Waals surface area contributed by atoms with Crippen LogP contribution in [0, 0.1) is 5.92 Å². The molecule has 0 bridgehead atoms. The first-order valence-electron chi connectivity index (χ1n) is 18.6. The molecule has 1 aromatic rings. The summed E-state index contributed by atoms with van der Waals surface area (Å²) in [6.07, 6.45) is -0.956. The molecule has 1 aliphatic rings. The van der Waals surface area contributed by atoms with Crippen molar-refractivity contribution in [3.63, 3.8) is 0 Å². The molecule has 0 radical (unpaired) electrons. The summed E-state index contributed by atoms with van der Waals surface area (Å²) < 4.78 is 0. The van der Waals surface area contributed by atoms with Crippen molar-refractivity contribution in [3.8, 4) is 0 Å². The third-order valence-electron chi connectivity index (χ3n) is 9.39. The molecule has 0 saturated carbocycles.